The van der Waals surface area contributed by atoms with Gasteiger partial charge in [-0.3, -0.25) is 4.79 Å². The number of likely N-dealkylation sites (tertiary alicyclic amines) is 1. The average Bonchev–Trinajstić information content (AvgIpc) is 2.91. The van der Waals surface area contributed by atoms with E-state index in [1.165, 1.54) is 11.3 Å². The molecular formula is C14H17NO2S. The average molecular weight is 263 g/mol. The van der Waals surface area contributed by atoms with Crippen LogP contribution in [-0.4, -0.2) is 34.6 Å². The Morgan fingerprint density at radius 3 is 3.00 bits per heavy atom. The van der Waals surface area contributed by atoms with Crippen molar-refractivity contribution in [2.45, 2.75) is 32.2 Å². The molecule has 1 fully saturated rings. The zero-order chi connectivity index (χ0) is 13.2. The molecule has 1 saturated heterocycles. The lowest BCUT2D eigenvalue weighted by molar-refractivity contribution is 0.0657. The van der Waals surface area contributed by atoms with Crippen molar-refractivity contribution >= 4 is 17.2 Å². The Kier molecular flexibility index (Phi) is 3.74. The van der Waals surface area contributed by atoms with Crippen molar-refractivity contribution in [1.29, 1.82) is 0 Å². The van der Waals surface area contributed by atoms with E-state index in [2.05, 4.69) is 25.7 Å². The Morgan fingerprint density at radius 1 is 1.61 bits per heavy atom. The largest absolute Gasteiger partial charge is 0.384 e. The predicted molar refractivity (Wildman–Crippen MR) is 72.6 cm³/mol. The van der Waals surface area contributed by atoms with Crippen molar-refractivity contribution in [2.24, 2.45) is 0 Å². The van der Waals surface area contributed by atoms with Crippen LogP contribution in [0.15, 0.2) is 11.4 Å². The molecule has 18 heavy (non-hydrogen) atoms. The summed E-state index contributed by atoms with van der Waals surface area (Å²) in [6.07, 6.45) is 2.10. The van der Waals surface area contributed by atoms with Crippen molar-refractivity contribution in [2.75, 3.05) is 13.2 Å². The molecule has 0 radical (unpaired) electrons. The molecule has 0 unspecified atom stereocenters. The van der Waals surface area contributed by atoms with E-state index in [0.29, 0.717) is 4.88 Å². The zero-order valence-corrected chi connectivity index (χ0v) is 11.5. The molecule has 1 aromatic rings. The number of hydrogen-bond donors (Lipinski definition) is 1. The van der Waals surface area contributed by atoms with Crippen molar-refractivity contribution in [3.05, 3.63) is 21.9 Å². The van der Waals surface area contributed by atoms with Crippen molar-refractivity contribution in [3.63, 3.8) is 0 Å². The van der Waals surface area contributed by atoms with Crippen LogP contribution in [0.25, 0.3) is 0 Å². The first-order chi connectivity index (χ1) is 8.56. The third kappa shape index (κ3) is 2.43. The lowest BCUT2D eigenvalue weighted by atomic mass is 10.0. The molecule has 0 aromatic carbocycles. The molecule has 1 amide bonds. The van der Waals surface area contributed by atoms with Gasteiger partial charge in [0.05, 0.1) is 0 Å². The Hall–Kier alpha value is -1.31. The SMILES string of the molecule is CC1(C)CCCN1C(=O)c1sccc1C#CCO. The Balaban J connectivity index is 2.27. The summed E-state index contributed by atoms with van der Waals surface area (Å²) >= 11 is 1.42. The molecule has 0 bridgehead atoms. The second-order valence-corrected chi connectivity index (χ2v) is 5.91. The molecule has 96 valence electrons. The second kappa shape index (κ2) is 5.13. The van der Waals surface area contributed by atoms with Crippen LogP contribution in [-0.2, 0) is 0 Å². The first-order valence-corrected chi connectivity index (χ1v) is 6.93. The number of aliphatic hydroxyl groups excluding tert-OH is 1. The molecule has 1 N–H and O–H groups in total. The van der Waals surface area contributed by atoms with E-state index in [0.717, 1.165) is 24.9 Å². The molecule has 2 heterocycles. The molecule has 4 heteroatoms. The van der Waals surface area contributed by atoms with Crippen LogP contribution in [0.2, 0.25) is 0 Å². The van der Waals surface area contributed by atoms with Crippen LogP contribution in [0.4, 0.5) is 0 Å². The number of amides is 1. The van der Waals surface area contributed by atoms with Crippen LogP contribution in [0.5, 0.6) is 0 Å². The highest BCUT2D eigenvalue weighted by Crippen LogP contribution is 2.31. The number of rotatable bonds is 1. The lowest BCUT2D eigenvalue weighted by Gasteiger charge is -2.31. The molecule has 1 aromatic heterocycles. The lowest BCUT2D eigenvalue weighted by Crippen LogP contribution is -2.42. The van der Waals surface area contributed by atoms with Crippen LogP contribution >= 0.6 is 11.3 Å². The Labute approximate surface area is 111 Å². The van der Waals surface area contributed by atoms with E-state index in [9.17, 15) is 4.79 Å². The van der Waals surface area contributed by atoms with Crippen molar-refractivity contribution in [3.8, 4) is 11.8 Å². The molecule has 0 saturated carbocycles. The number of carbonyl (C=O) groups excluding carboxylic acids is 1. The minimum Gasteiger partial charge on any atom is -0.384 e. The normalized spacial score (nSPS) is 17.4. The number of hydrogen-bond acceptors (Lipinski definition) is 3. The summed E-state index contributed by atoms with van der Waals surface area (Å²) in [6.45, 7) is 4.84. The third-order valence-electron chi connectivity index (χ3n) is 3.31. The highest BCUT2D eigenvalue weighted by atomic mass is 32.1. The minimum atomic E-state index is -0.182. The van der Waals surface area contributed by atoms with Crippen molar-refractivity contribution < 1.29 is 9.90 Å². The number of nitrogens with zero attached hydrogens (tertiary/aromatic N) is 1. The van der Waals surface area contributed by atoms with Gasteiger partial charge >= 0.3 is 0 Å². The van der Waals surface area contributed by atoms with Gasteiger partial charge in [-0.2, -0.15) is 0 Å². The Morgan fingerprint density at radius 2 is 2.39 bits per heavy atom. The first-order valence-electron chi connectivity index (χ1n) is 6.05. The molecule has 0 spiro atoms. The van der Waals surface area contributed by atoms with E-state index >= 15 is 0 Å². The molecule has 0 atom stereocenters. The van der Waals surface area contributed by atoms with Crippen LogP contribution in [0.1, 0.15) is 41.9 Å². The highest BCUT2D eigenvalue weighted by molar-refractivity contribution is 7.12. The molecule has 0 aliphatic carbocycles. The second-order valence-electron chi connectivity index (χ2n) is 5.00. The topological polar surface area (TPSA) is 40.5 Å². The first kappa shape index (κ1) is 13.1. The summed E-state index contributed by atoms with van der Waals surface area (Å²) in [5.41, 5.74) is 0.657. The van der Waals surface area contributed by atoms with E-state index in [4.69, 9.17) is 5.11 Å². The van der Waals surface area contributed by atoms with E-state index in [1.54, 1.807) is 0 Å². The van der Waals surface area contributed by atoms with E-state index in [1.807, 2.05) is 16.3 Å². The van der Waals surface area contributed by atoms with Gasteiger partial charge in [0, 0.05) is 17.6 Å². The van der Waals surface area contributed by atoms with Crippen LogP contribution in [0.3, 0.4) is 0 Å². The van der Waals surface area contributed by atoms with E-state index in [-0.39, 0.29) is 18.1 Å². The fourth-order valence-electron chi connectivity index (χ4n) is 2.31. The zero-order valence-electron chi connectivity index (χ0n) is 10.7. The van der Waals surface area contributed by atoms with Gasteiger partial charge in [-0.05, 0) is 38.1 Å². The van der Waals surface area contributed by atoms with Crippen LogP contribution < -0.4 is 0 Å². The fourth-order valence-corrected chi connectivity index (χ4v) is 3.11. The maximum Gasteiger partial charge on any atom is 0.265 e. The smallest absolute Gasteiger partial charge is 0.265 e. The number of thiophene rings is 1. The molecule has 3 nitrogen and oxygen atoms in total. The summed E-state index contributed by atoms with van der Waals surface area (Å²) in [5, 5.41) is 10.6. The summed E-state index contributed by atoms with van der Waals surface area (Å²) in [7, 11) is 0. The predicted octanol–water partition coefficient (Wildman–Crippen LogP) is 2.11. The number of aliphatic hydroxyl groups is 1. The molecule has 1 aliphatic rings. The quantitative estimate of drug-likeness (QED) is 0.788. The van der Waals surface area contributed by atoms with Gasteiger partial charge in [0.25, 0.3) is 5.91 Å². The van der Waals surface area contributed by atoms with E-state index < -0.39 is 0 Å². The summed E-state index contributed by atoms with van der Waals surface area (Å²) in [4.78, 5) is 15.1. The van der Waals surface area contributed by atoms with Gasteiger partial charge in [0.15, 0.2) is 0 Å². The molecular weight excluding hydrogens is 246 g/mol. The fraction of sp³-hybridized carbons (Fsp3) is 0.500. The van der Waals surface area contributed by atoms with Crippen molar-refractivity contribution in [1.82, 2.24) is 4.90 Å². The summed E-state index contributed by atoms with van der Waals surface area (Å²) < 4.78 is 0. The molecule has 2 rings (SSSR count). The Bertz CT molecular complexity index is 507. The maximum atomic E-state index is 12.5. The van der Waals surface area contributed by atoms with Gasteiger partial charge < -0.3 is 10.0 Å². The minimum absolute atomic E-state index is 0.0646. The summed E-state index contributed by atoms with van der Waals surface area (Å²) in [6, 6.07) is 1.84. The van der Waals surface area contributed by atoms with Gasteiger partial charge in [0.2, 0.25) is 0 Å². The van der Waals surface area contributed by atoms with Crippen LogP contribution in [0, 0.1) is 11.8 Å². The third-order valence-corrected chi connectivity index (χ3v) is 4.21. The standard InChI is InChI=1S/C14H17NO2S/c1-14(2)7-4-8-15(14)13(17)12-11(5-3-9-16)6-10-18-12/h6,10,16H,4,7-9H2,1-2H3. The number of carbonyl (C=O) groups is 1. The van der Waals surface area contributed by atoms with Gasteiger partial charge in [-0.15, -0.1) is 11.3 Å². The van der Waals surface area contributed by atoms with Gasteiger partial charge in [0.1, 0.15) is 11.5 Å². The monoisotopic (exact) mass is 263 g/mol. The van der Waals surface area contributed by atoms with Gasteiger partial charge in [-0.1, -0.05) is 11.8 Å². The molecule has 1 aliphatic heterocycles. The van der Waals surface area contributed by atoms with Gasteiger partial charge in [-0.25, -0.2) is 0 Å². The summed E-state index contributed by atoms with van der Waals surface area (Å²) in [5.74, 6) is 5.50. The highest BCUT2D eigenvalue weighted by Gasteiger charge is 2.36. The maximum absolute atomic E-state index is 12.5.